The predicted molar refractivity (Wildman–Crippen MR) is 405 cm³/mol. The molecule has 0 N–H and O–H groups in total. The van der Waals surface area contributed by atoms with Crippen LogP contribution in [0.2, 0.25) is 0 Å². The summed E-state index contributed by atoms with van der Waals surface area (Å²) in [5.74, 6) is 4.10. The first-order valence-corrected chi connectivity index (χ1v) is 41.3. The van der Waals surface area contributed by atoms with Gasteiger partial charge in [0.05, 0.1) is 11.4 Å². The monoisotopic (exact) mass is 1270 g/mol. The van der Waals surface area contributed by atoms with E-state index in [4.69, 9.17) is 9.98 Å². The second kappa shape index (κ2) is 31.9. The maximum absolute atomic E-state index is 6.23. The molecule has 1 heterocycles. The Balaban J connectivity index is 0.000000723. The number of aliphatic imine (C=N–C) groups is 2. The van der Waals surface area contributed by atoms with Crippen LogP contribution in [0.4, 0.5) is 22.7 Å². The average Bonchev–Trinajstić information content (AvgIpc) is 0.686. The highest BCUT2D eigenvalue weighted by Gasteiger charge is 2.73. The zero-order chi connectivity index (χ0) is 65.8. The van der Waals surface area contributed by atoms with Crippen LogP contribution in [-0.2, 0) is 0 Å². The number of hydrogen-bond donors (Lipinski definition) is 0. The van der Waals surface area contributed by atoms with E-state index >= 15 is 0 Å². The number of anilines is 2. The molecular formula is C80H106N6S2Si2. The highest BCUT2D eigenvalue weighted by Crippen LogP contribution is 2.65. The molecule has 0 aromatic heterocycles. The summed E-state index contributed by atoms with van der Waals surface area (Å²) in [6.45, 7) is 35.4. The van der Waals surface area contributed by atoms with Gasteiger partial charge in [-0.25, -0.2) is 9.98 Å². The Morgan fingerprint density at radius 3 is 0.689 bits per heavy atom. The average molecular weight is 1270 g/mol. The van der Waals surface area contributed by atoms with Gasteiger partial charge in [0.1, 0.15) is 11.7 Å². The molecule has 90 heavy (non-hydrogen) atoms. The maximum Gasteiger partial charge on any atom is 0.367 e. The summed E-state index contributed by atoms with van der Waals surface area (Å²) in [7, 11) is 14.0. The molecule has 0 unspecified atom stereocenters. The molecule has 0 aliphatic carbocycles. The molecule has 0 bridgehead atoms. The van der Waals surface area contributed by atoms with Gasteiger partial charge in [0.15, 0.2) is 0 Å². The lowest BCUT2D eigenvalue weighted by molar-refractivity contribution is 0.637. The van der Waals surface area contributed by atoms with Crippen molar-refractivity contribution in [2.24, 2.45) is 9.98 Å². The lowest BCUT2D eigenvalue weighted by Gasteiger charge is -2.63. The van der Waals surface area contributed by atoms with Crippen molar-refractivity contribution >= 4 is 69.1 Å². The SMILES string of the molecule is CC(C)c1cccc(C(C)C)c1N=C(c1ccccc1)N(c1c(C(C)C)cccc1C(C)C)[Si]1(N(C)C)S[Si](N(C)C)(N(C(=Nc2c(C(C)C)cccc2C(C)C)c2ccccc2)c2c(C(C)C)cccc2C(C)C)S1.Cc1ccccc1.Cc1ccccc1. The third kappa shape index (κ3) is 16.1. The Kier molecular flexibility index (Phi) is 25.2. The van der Waals surface area contributed by atoms with E-state index < -0.39 is 13.4 Å². The molecule has 8 aromatic carbocycles. The fourth-order valence-corrected chi connectivity index (χ4v) is 50.5. The fraction of sp³-hybridized carbons (Fsp3) is 0.375. The third-order valence-corrected chi connectivity index (χ3v) is 50.5. The molecule has 0 atom stereocenters. The minimum absolute atomic E-state index is 0.248. The van der Waals surface area contributed by atoms with Gasteiger partial charge in [0, 0.05) is 22.5 Å². The molecule has 10 heteroatoms. The van der Waals surface area contributed by atoms with Crippen LogP contribution in [0.3, 0.4) is 0 Å². The Hall–Kier alpha value is -6.25. The first kappa shape index (κ1) is 71.2. The van der Waals surface area contributed by atoms with E-state index in [-0.39, 0.29) is 47.3 Å². The summed E-state index contributed by atoms with van der Waals surface area (Å²) in [5.41, 5.74) is 20.1. The molecule has 8 aromatic rings. The number of hydrogen-bond acceptors (Lipinski definition) is 6. The smallest absolute Gasteiger partial charge is 0.322 e. The molecule has 6 nitrogen and oxygen atoms in total. The van der Waals surface area contributed by atoms with Crippen molar-refractivity contribution in [3.05, 3.63) is 261 Å². The van der Waals surface area contributed by atoms with Crippen LogP contribution < -0.4 is 9.13 Å². The normalized spacial score (nSPS) is 16.1. The second-order valence-electron chi connectivity index (χ2n) is 27.1. The summed E-state index contributed by atoms with van der Waals surface area (Å²) < 4.78 is 11.0. The number of benzene rings is 8. The summed E-state index contributed by atoms with van der Waals surface area (Å²) in [5, 5.41) is 0. The highest BCUT2D eigenvalue weighted by atomic mass is 32.9. The van der Waals surface area contributed by atoms with Crippen LogP contribution in [0.1, 0.15) is 225 Å². The Morgan fingerprint density at radius 2 is 0.500 bits per heavy atom. The maximum atomic E-state index is 6.23. The van der Waals surface area contributed by atoms with E-state index in [0.717, 1.165) is 34.2 Å². The van der Waals surface area contributed by atoms with E-state index in [9.17, 15) is 0 Å². The first-order chi connectivity index (χ1) is 42.8. The van der Waals surface area contributed by atoms with Crippen LogP contribution >= 0.6 is 21.3 Å². The summed E-state index contributed by atoms with van der Waals surface area (Å²) in [6.07, 6.45) is 0. The van der Waals surface area contributed by atoms with Crippen LogP contribution in [0.15, 0.2) is 204 Å². The second-order valence-corrected chi connectivity index (χ2v) is 45.6. The Labute approximate surface area is 554 Å². The highest BCUT2D eigenvalue weighted by molar-refractivity contribution is 8.98. The molecule has 1 aliphatic heterocycles. The first-order valence-electron chi connectivity index (χ1n) is 33.0. The van der Waals surface area contributed by atoms with Gasteiger partial charge in [0.25, 0.3) is 0 Å². The minimum atomic E-state index is -3.12. The van der Waals surface area contributed by atoms with Crippen molar-refractivity contribution in [3.63, 3.8) is 0 Å². The van der Waals surface area contributed by atoms with E-state index in [2.05, 4.69) is 350 Å². The molecule has 0 radical (unpaired) electrons. The number of amidine groups is 2. The lowest BCUT2D eigenvalue weighted by Crippen LogP contribution is -2.80. The van der Waals surface area contributed by atoms with E-state index in [1.165, 1.54) is 67.0 Å². The minimum Gasteiger partial charge on any atom is -0.322 e. The zero-order valence-corrected chi connectivity index (χ0v) is 62.2. The van der Waals surface area contributed by atoms with Crippen LogP contribution in [0.5, 0.6) is 0 Å². The summed E-state index contributed by atoms with van der Waals surface area (Å²) >= 11 is 0. The van der Waals surface area contributed by atoms with Crippen molar-refractivity contribution in [1.29, 1.82) is 0 Å². The molecule has 1 fully saturated rings. The molecule has 1 aliphatic rings. The van der Waals surface area contributed by atoms with Gasteiger partial charge in [-0.2, -0.15) is 0 Å². The quantitative estimate of drug-likeness (QED) is 0.0484. The topological polar surface area (TPSA) is 37.7 Å². The molecule has 0 saturated carbocycles. The van der Waals surface area contributed by atoms with E-state index in [0.29, 0.717) is 0 Å². The largest absolute Gasteiger partial charge is 0.367 e. The third-order valence-electron chi connectivity index (χ3n) is 16.8. The van der Waals surface area contributed by atoms with Gasteiger partial charge in [-0.15, -0.1) is 21.3 Å². The van der Waals surface area contributed by atoms with Crippen LogP contribution in [0.25, 0.3) is 0 Å². The molecule has 1 saturated heterocycles. The van der Waals surface area contributed by atoms with Crippen molar-refractivity contribution < 1.29 is 0 Å². The van der Waals surface area contributed by atoms with Crippen LogP contribution in [-0.4, -0.2) is 62.4 Å². The van der Waals surface area contributed by atoms with Gasteiger partial charge in [-0.3, -0.25) is 9.13 Å². The van der Waals surface area contributed by atoms with Crippen molar-refractivity contribution in [1.82, 2.24) is 9.13 Å². The fourth-order valence-electron chi connectivity index (χ4n) is 11.8. The number of para-hydroxylation sites is 4. The zero-order valence-electron chi connectivity index (χ0n) is 58.6. The number of aryl methyl sites for hydroxylation is 2. The van der Waals surface area contributed by atoms with Gasteiger partial charge >= 0.3 is 13.4 Å². The van der Waals surface area contributed by atoms with Gasteiger partial charge in [-0.1, -0.05) is 316 Å². The van der Waals surface area contributed by atoms with Crippen molar-refractivity contribution in [2.75, 3.05) is 37.3 Å². The molecule has 9 rings (SSSR count). The van der Waals surface area contributed by atoms with Gasteiger partial charge in [0.2, 0.25) is 0 Å². The number of rotatable bonds is 18. The lowest BCUT2D eigenvalue weighted by atomic mass is 9.92. The van der Waals surface area contributed by atoms with Gasteiger partial charge in [-0.05, 0) is 134 Å². The van der Waals surface area contributed by atoms with Gasteiger partial charge < -0.3 is 9.13 Å². The van der Waals surface area contributed by atoms with E-state index in [1.54, 1.807) is 0 Å². The standard InChI is InChI=1S/C66H90N6S2Si2.2C7H8/c1-43(2)53-35-27-36-54(44(3)4)61(53)67-65(51-31-23-21-24-32-51)71(63-57(47(9)10)39-29-40-58(63)48(11)12)75(69(17)18)73-76(74-75,70(19)20)72(64-59(49(13)14)41-30-42-60(64)50(15)16)66(52-33-25-22-26-34-52)68-62-55(45(5)6)37-28-38-56(62)46(7)8;2*1-7-5-3-2-4-6-7/h21-50H,1-20H3;2*2-6H,1H3. The van der Waals surface area contributed by atoms with Crippen molar-refractivity contribution in [3.8, 4) is 0 Å². The molecular weight excluding hydrogens is 1170 g/mol. The van der Waals surface area contributed by atoms with Crippen molar-refractivity contribution in [2.45, 2.75) is 172 Å². The van der Waals surface area contributed by atoms with E-state index in [1.807, 2.05) is 36.4 Å². The summed E-state index contributed by atoms with van der Waals surface area (Å²) in [6, 6.07) is 70.7. The molecule has 0 amide bonds. The number of nitrogens with zero attached hydrogens (tertiary/aromatic N) is 6. The molecule has 476 valence electrons. The Morgan fingerprint density at radius 1 is 0.289 bits per heavy atom. The Bertz CT molecular complexity index is 3280. The molecule has 0 spiro atoms. The van der Waals surface area contributed by atoms with Crippen LogP contribution in [0, 0.1) is 13.8 Å². The predicted octanol–water partition coefficient (Wildman–Crippen LogP) is 23.0. The summed E-state index contributed by atoms with van der Waals surface area (Å²) in [4.78, 5) is 12.5.